The summed E-state index contributed by atoms with van der Waals surface area (Å²) < 4.78 is 5.53. The standard InChI is InChI=1S/C23H28N2O3S/c1-2-28-21-11-7-6-10-20(21)25-22(26)16-29-19-14-12-18(13-15-19)24-23(27)17-8-4-3-5-9-17/h6-7,10-15,17H,2-5,8-9,16H2,1H3,(H,24,27)(H,25,26). The van der Waals surface area contributed by atoms with Gasteiger partial charge in [0.15, 0.2) is 0 Å². The highest BCUT2D eigenvalue weighted by Crippen LogP contribution is 2.27. The van der Waals surface area contributed by atoms with Crippen molar-refractivity contribution in [3.05, 3.63) is 48.5 Å². The zero-order valence-electron chi connectivity index (χ0n) is 16.8. The molecule has 2 aromatic rings. The van der Waals surface area contributed by atoms with E-state index in [0.29, 0.717) is 23.8 Å². The van der Waals surface area contributed by atoms with E-state index in [9.17, 15) is 9.59 Å². The average molecular weight is 413 g/mol. The van der Waals surface area contributed by atoms with E-state index in [2.05, 4.69) is 10.6 Å². The van der Waals surface area contributed by atoms with E-state index in [-0.39, 0.29) is 17.7 Å². The van der Waals surface area contributed by atoms with Gasteiger partial charge >= 0.3 is 0 Å². The van der Waals surface area contributed by atoms with Gasteiger partial charge in [0.05, 0.1) is 18.0 Å². The highest BCUT2D eigenvalue weighted by atomic mass is 32.2. The van der Waals surface area contributed by atoms with Gasteiger partial charge in [-0.3, -0.25) is 9.59 Å². The van der Waals surface area contributed by atoms with Crippen LogP contribution in [0, 0.1) is 5.92 Å². The van der Waals surface area contributed by atoms with Crippen LogP contribution in [0.4, 0.5) is 11.4 Å². The molecule has 2 amide bonds. The Kier molecular flexibility index (Phi) is 7.99. The van der Waals surface area contributed by atoms with Crippen LogP contribution in [-0.2, 0) is 9.59 Å². The number of hydrogen-bond donors (Lipinski definition) is 2. The van der Waals surface area contributed by atoms with Crippen molar-refractivity contribution >= 4 is 35.0 Å². The van der Waals surface area contributed by atoms with E-state index in [4.69, 9.17) is 4.74 Å². The summed E-state index contributed by atoms with van der Waals surface area (Å²) in [5.74, 6) is 1.15. The zero-order valence-corrected chi connectivity index (χ0v) is 17.6. The molecule has 0 aromatic heterocycles. The molecule has 0 spiro atoms. The first-order chi connectivity index (χ1) is 14.2. The number of amides is 2. The number of benzene rings is 2. The molecular weight excluding hydrogens is 384 g/mol. The predicted molar refractivity (Wildman–Crippen MR) is 119 cm³/mol. The molecule has 3 rings (SSSR count). The quantitative estimate of drug-likeness (QED) is 0.575. The molecule has 1 fully saturated rings. The summed E-state index contributed by atoms with van der Waals surface area (Å²) in [6, 6.07) is 15.1. The van der Waals surface area contributed by atoms with Gasteiger partial charge in [0.25, 0.3) is 0 Å². The van der Waals surface area contributed by atoms with Crippen LogP contribution >= 0.6 is 11.8 Å². The number of ether oxygens (including phenoxy) is 1. The number of carbonyl (C=O) groups excluding carboxylic acids is 2. The van der Waals surface area contributed by atoms with Gasteiger partial charge in [-0.15, -0.1) is 11.8 Å². The Morgan fingerprint density at radius 1 is 1.00 bits per heavy atom. The van der Waals surface area contributed by atoms with Gasteiger partial charge in [-0.2, -0.15) is 0 Å². The molecule has 0 bridgehead atoms. The van der Waals surface area contributed by atoms with Crippen LogP contribution < -0.4 is 15.4 Å². The molecule has 29 heavy (non-hydrogen) atoms. The van der Waals surface area contributed by atoms with Gasteiger partial charge in [0.2, 0.25) is 11.8 Å². The minimum atomic E-state index is -0.0863. The molecule has 1 aliphatic carbocycles. The molecule has 0 aliphatic heterocycles. The number of para-hydroxylation sites is 2. The first-order valence-corrected chi connectivity index (χ1v) is 11.2. The monoisotopic (exact) mass is 412 g/mol. The summed E-state index contributed by atoms with van der Waals surface area (Å²) in [6.07, 6.45) is 5.50. The fourth-order valence-corrected chi connectivity index (χ4v) is 4.13. The highest BCUT2D eigenvalue weighted by Gasteiger charge is 2.20. The predicted octanol–water partition coefficient (Wildman–Crippen LogP) is 5.33. The molecule has 0 unspecified atom stereocenters. The maximum atomic E-state index is 12.3. The number of thioether (sulfide) groups is 1. The number of rotatable bonds is 8. The summed E-state index contributed by atoms with van der Waals surface area (Å²) >= 11 is 1.46. The molecule has 1 saturated carbocycles. The molecule has 154 valence electrons. The summed E-state index contributed by atoms with van der Waals surface area (Å²) in [5.41, 5.74) is 1.49. The van der Waals surface area contributed by atoms with Crippen molar-refractivity contribution in [1.29, 1.82) is 0 Å². The SMILES string of the molecule is CCOc1ccccc1NC(=O)CSc1ccc(NC(=O)C2CCCCC2)cc1. The molecule has 5 nitrogen and oxygen atoms in total. The van der Waals surface area contributed by atoms with Gasteiger partial charge in [-0.05, 0) is 56.2 Å². The molecule has 0 radical (unpaired) electrons. The summed E-state index contributed by atoms with van der Waals surface area (Å²) in [5, 5.41) is 5.91. The lowest BCUT2D eigenvalue weighted by atomic mass is 9.88. The minimum absolute atomic E-state index is 0.0863. The normalized spacial score (nSPS) is 14.2. The zero-order chi connectivity index (χ0) is 20.5. The largest absolute Gasteiger partial charge is 0.492 e. The van der Waals surface area contributed by atoms with Crippen molar-refractivity contribution < 1.29 is 14.3 Å². The minimum Gasteiger partial charge on any atom is -0.492 e. The van der Waals surface area contributed by atoms with E-state index in [1.807, 2.05) is 55.5 Å². The maximum absolute atomic E-state index is 12.3. The van der Waals surface area contributed by atoms with Gasteiger partial charge in [-0.25, -0.2) is 0 Å². The molecule has 0 heterocycles. The smallest absolute Gasteiger partial charge is 0.234 e. The fourth-order valence-electron chi connectivity index (χ4n) is 3.43. The molecule has 2 N–H and O–H groups in total. The van der Waals surface area contributed by atoms with Crippen LogP contribution in [0.25, 0.3) is 0 Å². The topological polar surface area (TPSA) is 67.4 Å². The van der Waals surface area contributed by atoms with Crippen molar-refractivity contribution in [3.63, 3.8) is 0 Å². The average Bonchev–Trinajstić information content (AvgIpc) is 2.75. The van der Waals surface area contributed by atoms with Crippen molar-refractivity contribution in [3.8, 4) is 5.75 Å². The van der Waals surface area contributed by atoms with E-state index in [1.54, 1.807) is 0 Å². The molecule has 0 atom stereocenters. The van der Waals surface area contributed by atoms with Gasteiger partial charge in [-0.1, -0.05) is 31.4 Å². The second-order valence-electron chi connectivity index (χ2n) is 7.11. The first-order valence-electron chi connectivity index (χ1n) is 10.2. The third-order valence-corrected chi connectivity index (χ3v) is 5.94. The van der Waals surface area contributed by atoms with Crippen LogP contribution in [-0.4, -0.2) is 24.2 Å². The van der Waals surface area contributed by atoms with E-state index >= 15 is 0 Å². The first kappa shape index (κ1) is 21.2. The van der Waals surface area contributed by atoms with Crippen molar-refractivity contribution in [1.82, 2.24) is 0 Å². The molecular formula is C23H28N2O3S. The lowest BCUT2D eigenvalue weighted by Crippen LogP contribution is -2.24. The summed E-state index contributed by atoms with van der Waals surface area (Å²) in [6.45, 7) is 2.46. The van der Waals surface area contributed by atoms with Gasteiger partial charge < -0.3 is 15.4 Å². The Morgan fingerprint density at radius 3 is 2.45 bits per heavy atom. The van der Waals surface area contributed by atoms with Gasteiger partial charge in [0, 0.05) is 16.5 Å². The highest BCUT2D eigenvalue weighted by molar-refractivity contribution is 8.00. The third kappa shape index (κ3) is 6.53. The van der Waals surface area contributed by atoms with Crippen LogP contribution in [0.1, 0.15) is 39.0 Å². The third-order valence-electron chi connectivity index (χ3n) is 4.93. The molecule has 2 aromatic carbocycles. The van der Waals surface area contributed by atoms with Crippen molar-refractivity contribution in [2.75, 3.05) is 23.0 Å². The van der Waals surface area contributed by atoms with Crippen molar-refractivity contribution in [2.45, 2.75) is 43.9 Å². The van der Waals surface area contributed by atoms with Crippen LogP contribution in [0.2, 0.25) is 0 Å². The summed E-state index contributed by atoms with van der Waals surface area (Å²) in [4.78, 5) is 25.6. The lowest BCUT2D eigenvalue weighted by Gasteiger charge is -2.20. The van der Waals surface area contributed by atoms with Crippen LogP contribution in [0.5, 0.6) is 5.75 Å². The number of anilines is 2. The Bertz CT molecular complexity index is 817. The van der Waals surface area contributed by atoms with E-state index in [0.717, 1.165) is 36.3 Å². The summed E-state index contributed by atoms with van der Waals surface area (Å²) in [7, 11) is 0. The van der Waals surface area contributed by atoms with Crippen LogP contribution in [0.15, 0.2) is 53.4 Å². The Labute approximate surface area is 176 Å². The Morgan fingerprint density at radius 2 is 1.72 bits per heavy atom. The fraction of sp³-hybridized carbons (Fsp3) is 0.391. The maximum Gasteiger partial charge on any atom is 0.234 e. The number of carbonyl (C=O) groups is 2. The molecule has 6 heteroatoms. The second kappa shape index (κ2) is 10.9. The van der Waals surface area contributed by atoms with Crippen molar-refractivity contribution in [2.24, 2.45) is 5.92 Å². The van der Waals surface area contributed by atoms with E-state index < -0.39 is 0 Å². The van der Waals surface area contributed by atoms with E-state index in [1.165, 1.54) is 18.2 Å². The van der Waals surface area contributed by atoms with Crippen LogP contribution in [0.3, 0.4) is 0 Å². The molecule has 0 saturated heterocycles. The lowest BCUT2D eigenvalue weighted by molar-refractivity contribution is -0.120. The second-order valence-corrected chi connectivity index (χ2v) is 8.16. The molecule has 1 aliphatic rings. The number of nitrogens with one attached hydrogen (secondary N) is 2. The Balaban J connectivity index is 1.47. The Hall–Kier alpha value is -2.47. The van der Waals surface area contributed by atoms with Gasteiger partial charge in [0.1, 0.15) is 5.75 Å². The number of hydrogen-bond acceptors (Lipinski definition) is 4.